The number of methoxy groups -OCH3 is 1. The van der Waals surface area contributed by atoms with E-state index in [-0.39, 0.29) is 6.10 Å². The van der Waals surface area contributed by atoms with Crippen LogP contribution in [0.5, 0.6) is 11.6 Å². The molecule has 0 spiro atoms. The van der Waals surface area contributed by atoms with Gasteiger partial charge in [-0.3, -0.25) is 0 Å². The summed E-state index contributed by atoms with van der Waals surface area (Å²) in [6, 6.07) is 19.7. The van der Waals surface area contributed by atoms with Crippen molar-refractivity contribution >= 4 is 11.7 Å². The number of hydrazone groups is 1. The van der Waals surface area contributed by atoms with Gasteiger partial charge in [0.25, 0.3) is 0 Å². The molecule has 1 atom stereocenters. The van der Waals surface area contributed by atoms with E-state index in [9.17, 15) is 0 Å². The summed E-state index contributed by atoms with van der Waals surface area (Å²) in [5, 5.41) is 4.55. The molecule has 6 nitrogen and oxygen atoms in total. The molecule has 0 radical (unpaired) electrons. The van der Waals surface area contributed by atoms with Gasteiger partial charge in [0.05, 0.1) is 12.8 Å². The van der Waals surface area contributed by atoms with Crippen LogP contribution in [0.2, 0.25) is 0 Å². The molecule has 130 valence electrons. The van der Waals surface area contributed by atoms with Gasteiger partial charge in [-0.1, -0.05) is 42.5 Å². The van der Waals surface area contributed by atoms with Gasteiger partial charge in [-0.2, -0.15) is 10.1 Å². The number of fused-ring (bicyclic) bond motifs is 1. The number of aromatic nitrogens is 2. The van der Waals surface area contributed by atoms with Crippen LogP contribution in [-0.4, -0.2) is 22.8 Å². The Kier molecular flexibility index (Phi) is 4.47. The molecule has 2 heterocycles. The Labute approximate surface area is 151 Å². The third kappa shape index (κ3) is 3.35. The summed E-state index contributed by atoms with van der Waals surface area (Å²) in [5.41, 5.74) is 5.91. The van der Waals surface area contributed by atoms with Crippen LogP contribution < -0.4 is 14.9 Å². The van der Waals surface area contributed by atoms with Gasteiger partial charge in [0.1, 0.15) is 11.9 Å². The first-order chi connectivity index (χ1) is 12.8. The summed E-state index contributed by atoms with van der Waals surface area (Å²) < 4.78 is 11.3. The molecule has 0 fully saturated rings. The van der Waals surface area contributed by atoms with Crippen LogP contribution in [0.4, 0.5) is 5.95 Å². The van der Waals surface area contributed by atoms with E-state index in [1.165, 1.54) is 0 Å². The minimum atomic E-state index is -0.0853. The minimum absolute atomic E-state index is 0.0853. The second-order valence-electron chi connectivity index (χ2n) is 5.81. The molecule has 0 saturated carbocycles. The largest absolute Gasteiger partial charge is 0.485 e. The number of rotatable bonds is 4. The van der Waals surface area contributed by atoms with Crippen molar-refractivity contribution in [1.82, 2.24) is 9.97 Å². The zero-order valence-electron chi connectivity index (χ0n) is 14.3. The number of nitrogens with one attached hydrogen (secondary N) is 1. The molecule has 1 aliphatic rings. The van der Waals surface area contributed by atoms with Gasteiger partial charge < -0.3 is 9.47 Å². The number of hydrogen-bond acceptors (Lipinski definition) is 6. The summed E-state index contributed by atoms with van der Waals surface area (Å²) >= 11 is 0. The molecule has 3 aromatic rings. The van der Waals surface area contributed by atoms with E-state index >= 15 is 0 Å². The van der Waals surface area contributed by atoms with Gasteiger partial charge in [0.15, 0.2) is 0 Å². The molecular formula is C20H18N4O2. The zero-order chi connectivity index (χ0) is 17.8. The second-order valence-corrected chi connectivity index (χ2v) is 5.81. The number of benzene rings is 2. The first-order valence-electron chi connectivity index (χ1n) is 8.34. The molecule has 2 aromatic carbocycles. The van der Waals surface area contributed by atoms with E-state index in [0.29, 0.717) is 18.2 Å². The lowest BCUT2D eigenvalue weighted by Crippen LogP contribution is -2.22. The predicted octanol–water partition coefficient (Wildman–Crippen LogP) is 3.83. The van der Waals surface area contributed by atoms with Crippen molar-refractivity contribution in [2.75, 3.05) is 12.5 Å². The monoisotopic (exact) mass is 346 g/mol. The Morgan fingerprint density at radius 2 is 1.88 bits per heavy atom. The van der Waals surface area contributed by atoms with Crippen LogP contribution in [0.1, 0.15) is 23.7 Å². The zero-order valence-corrected chi connectivity index (χ0v) is 14.3. The van der Waals surface area contributed by atoms with Gasteiger partial charge in [0.2, 0.25) is 11.8 Å². The highest BCUT2D eigenvalue weighted by Gasteiger charge is 2.26. The highest BCUT2D eigenvalue weighted by atomic mass is 16.5. The molecule has 6 heteroatoms. The maximum Gasteiger partial charge on any atom is 0.246 e. The molecule has 26 heavy (non-hydrogen) atoms. The summed E-state index contributed by atoms with van der Waals surface area (Å²) in [6.07, 6.45) is 2.19. The van der Waals surface area contributed by atoms with Crippen molar-refractivity contribution in [3.8, 4) is 11.6 Å². The highest BCUT2D eigenvalue weighted by molar-refractivity contribution is 6.04. The van der Waals surface area contributed by atoms with Crippen LogP contribution >= 0.6 is 0 Å². The quantitative estimate of drug-likeness (QED) is 0.727. The van der Waals surface area contributed by atoms with Gasteiger partial charge in [-0.25, -0.2) is 10.4 Å². The minimum Gasteiger partial charge on any atom is -0.485 e. The second kappa shape index (κ2) is 7.23. The molecular weight excluding hydrogens is 328 g/mol. The Hall–Kier alpha value is -3.41. The predicted molar refractivity (Wildman–Crippen MR) is 99.6 cm³/mol. The lowest BCUT2D eigenvalue weighted by Gasteiger charge is -2.27. The van der Waals surface area contributed by atoms with Crippen molar-refractivity contribution in [3.63, 3.8) is 0 Å². The molecule has 0 amide bonds. The standard InChI is InChI=1S/C20H18N4O2/c1-25-19-11-12-21-20(22-19)24-23-16-13-18(14-7-3-2-4-8-14)26-17-10-6-5-9-15(16)17/h2-12,18H,13H2,1H3,(H,21,22,24)/b23-16-. The van der Waals surface area contributed by atoms with Crippen molar-refractivity contribution in [3.05, 3.63) is 78.0 Å². The molecule has 0 bridgehead atoms. The van der Waals surface area contributed by atoms with Crippen molar-refractivity contribution in [2.24, 2.45) is 5.10 Å². The lowest BCUT2D eigenvalue weighted by atomic mass is 9.96. The fourth-order valence-electron chi connectivity index (χ4n) is 2.87. The number of nitrogens with zero attached hydrogens (tertiary/aromatic N) is 3. The SMILES string of the molecule is COc1ccnc(N/N=C2/CC(c3ccccc3)Oc3ccccc32)n1. The molecule has 1 unspecified atom stereocenters. The summed E-state index contributed by atoms with van der Waals surface area (Å²) in [5.74, 6) is 1.69. The highest BCUT2D eigenvalue weighted by Crippen LogP contribution is 2.35. The van der Waals surface area contributed by atoms with Gasteiger partial charge in [0, 0.05) is 24.2 Å². The van der Waals surface area contributed by atoms with Crippen molar-refractivity contribution in [1.29, 1.82) is 0 Å². The third-order valence-electron chi connectivity index (χ3n) is 4.15. The van der Waals surface area contributed by atoms with Gasteiger partial charge in [-0.15, -0.1) is 0 Å². The fourth-order valence-corrected chi connectivity index (χ4v) is 2.87. The smallest absolute Gasteiger partial charge is 0.246 e. The van der Waals surface area contributed by atoms with Crippen LogP contribution in [0, 0.1) is 0 Å². The Morgan fingerprint density at radius 3 is 2.73 bits per heavy atom. The van der Waals surface area contributed by atoms with Crippen molar-refractivity contribution in [2.45, 2.75) is 12.5 Å². The summed E-state index contributed by atoms with van der Waals surface area (Å²) in [7, 11) is 1.57. The number of ether oxygens (including phenoxy) is 2. The fraction of sp³-hybridized carbons (Fsp3) is 0.150. The lowest BCUT2D eigenvalue weighted by molar-refractivity contribution is 0.206. The first kappa shape index (κ1) is 16.1. The van der Waals surface area contributed by atoms with Crippen LogP contribution in [-0.2, 0) is 0 Å². The normalized spacial score (nSPS) is 17.3. The summed E-state index contributed by atoms with van der Waals surface area (Å²) in [4.78, 5) is 8.39. The van der Waals surface area contributed by atoms with Crippen molar-refractivity contribution < 1.29 is 9.47 Å². The molecule has 0 aliphatic carbocycles. The van der Waals surface area contributed by atoms with Gasteiger partial charge >= 0.3 is 0 Å². The van der Waals surface area contributed by atoms with E-state index in [4.69, 9.17) is 9.47 Å². The third-order valence-corrected chi connectivity index (χ3v) is 4.15. The van der Waals surface area contributed by atoms with E-state index in [2.05, 4.69) is 32.6 Å². The average Bonchev–Trinajstić information content (AvgIpc) is 2.72. The van der Waals surface area contributed by atoms with E-state index in [1.54, 1.807) is 19.4 Å². The molecule has 1 aliphatic heterocycles. The van der Waals surface area contributed by atoms with E-state index in [0.717, 1.165) is 22.6 Å². The average molecular weight is 346 g/mol. The summed E-state index contributed by atoms with van der Waals surface area (Å²) in [6.45, 7) is 0. The van der Waals surface area contributed by atoms with Crippen LogP contribution in [0.15, 0.2) is 72.0 Å². The topological polar surface area (TPSA) is 68.6 Å². The van der Waals surface area contributed by atoms with Crippen LogP contribution in [0.3, 0.4) is 0 Å². The molecule has 1 N–H and O–H groups in total. The molecule has 1 aromatic heterocycles. The Morgan fingerprint density at radius 1 is 1.08 bits per heavy atom. The molecule has 0 saturated heterocycles. The Bertz CT molecular complexity index is 928. The van der Waals surface area contributed by atoms with Crippen LogP contribution in [0.25, 0.3) is 0 Å². The van der Waals surface area contributed by atoms with Gasteiger partial charge in [-0.05, 0) is 17.7 Å². The molecule has 4 rings (SSSR count). The van der Waals surface area contributed by atoms with E-state index in [1.807, 2.05) is 42.5 Å². The number of anilines is 1. The number of para-hydroxylation sites is 1. The maximum absolute atomic E-state index is 6.18. The first-order valence-corrected chi connectivity index (χ1v) is 8.34. The van der Waals surface area contributed by atoms with E-state index < -0.39 is 0 Å². The number of hydrogen-bond donors (Lipinski definition) is 1. The Balaban J connectivity index is 1.64. The maximum atomic E-state index is 6.18.